The molecule has 2 amide bonds. The fourth-order valence-electron chi connectivity index (χ4n) is 3.19. The molecule has 0 unspecified atom stereocenters. The number of amides is 2. The van der Waals surface area contributed by atoms with E-state index in [1.165, 1.54) is 6.08 Å². The summed E-state index contributed by atoms with van der Waals surface area (Å²) < 4.78 is 0. The lowest BCUT2D eigenvalue weighted by Crippen LogP contribution is -2.23. The molecule has 1 saturated heterocycles. The number of aromatic nitrogens is 1. The average molecular weight is 357 g/mol. The molecule has 0 atom stereocenters. The highest BCUT2D eigenvalue weighted by atomic mass is 16.2. The molecule has 2 aromatic carbocycles. The minimum atomic E-state index is -0.241. The van der Waals surface area contributed by atoms with Crippen molar-refractivity contribution in [3.8, 4) is 0 Å². The summed E-state index contributed by atoms with van der Waals surface area (Å²) in [7, 11) is 0. The summed E-state index contributed by atoms with van der Waals surface area (Å²) in [6.07, 6.45) is 4.61. The van der Waals surface area contributed by atoms with Crippen LogP contribution in [0.5, 0.6) is 0 Å². The molecule has 0 bridgehead atoms. The Bertz CT molecular complexity index is 1040. The van der Waals surface area contributed by atoms with Gasteiger partial charge in [-0.15, -0.1) is 0 Å². The molecule has 27 heavy (non-hydrogen) atoms. The third kappa shape index (κ3) is 3.87. The van der Waals surface area contributed by atoms with E-state index >= 15 is 0 Å². The second-order valence-corrected chi connectivity index (χ2v) is 6.45. The van der Waals surface area contributed by atoms with Gasteiger partial charge in [0.05, 0.1) is 11.2 Å². The van der Waals surface area contributed by atoms with Crippen LogP contribution in [0.3, 0.4) is 0 Å². The Morgan fingerprint density at radius 2 is 1.96 bits per heavy atom. The summed E-state index contributed by atoms with van der Waals surface area (Å²) in [4.78, 5) is 30.4. The van der Waals surface area contributed by atoms with E-state index in [-0.39, 0.29) is 11.8 Å². The molecular formula is C22H19N3O2. The largest absolute Gasteiger partial charge is 0.322 e. The average Bonchev–Trinajstić information content (AvgIpc) is 3.12. The summed E-state index contributed by atoms with van der Waals surface area (Å²) in [5.41, 5.74) is 3.09. The molecule has 1 aliphatic heterocycles. The Morgan fingerprint density at radius 1 is 1.07 bits per heavy atom. The first-order valence-electron chi connectivity index (χ1n) is 8.94. The zero-order valence-corrected chi connectivity index (χ0v) is 14.8. The maximum atomic E-state index is 12.2. The predicted octanol–water partition coefficient (Wildman–Crippen LogP) is 4.01. The van der Waals surface area contributed by atoms with E-state index in [4.69, 9.17) is 0 Å². The first-order chi connectivity index (χ1) is 13.2. The number of rotatable bonds is 4. The minimum absolute atomic E-state index is 0.126. The standard InChI is InChI=1S/C22H19N3O2/c26-21(13-12-17-11-10-16-5-1-2-8-20(16)23-17)24-18-6-3-7-19(15-18)25-14-4-9-22(25)27/h1-3,5-8,10-13,15H,4,9,14H2,(H,24,26). The van der Waals surface area contributed by atoms with Crippen molar-refractivity contribution in [2.45, 2.75) is 12.8 Å². The molecule has 0 aliphatic carbocycles. The van der Waals surface area contributed by atoms with Gasteiger partial charge in [0.15, 0.2) is 0 Å². The van der Waals surface area contributed by atoms with Gasteiger partial charge < -0.3 is 10.2 Å². The summed E-state index contributed by atoms with van der Waals surface area (Å²) in [6, 6.07) is 19.1. The van der Waals surface area contributed by atoms with Crippen molar-refractivity contribution in [3.05, 3.63) is 72.4 Å². The van der Waals surface area contributed by atoms with E-state index in [2.05, 4.69) is 10.3 Å². The molecule has 5 heteroatoms. The molecular weight excluding hydrogens is 338 g/mol. The first kappa shape index (κ1) is 17.0. The third-order valence-corrected chi connectivity index (χ3v) is 4.52. The minimum Gasteiger partial charge on any atom is -0.322 e. The lowest BCUT2D eigenvalue weighted by molar-refractivity contribution is -0.117. The van der Waals surface area contributed by atoms with Crippen LogP contribution in [-0.2, 0) is 9.59 Å². The van der Waals surface area contributed by atoms with Gasteiger partial charge in [0.2, 0.25) is 11.8 Å². The molecule has 1 aliphatic rings. The molecule has 0 spiro atoms. The van der Waals surface area contributed by atoms with E-state index in [9.17, 15) is 9.59 Å². The summed E-state index contributed by atoms with van der Waals surface area (Å²) >= 11 is 0. The fourth-order valence-corrected chi connectivity index (χ4v) is 3.19. The topological polar surface area (TPSA) is 62.3 Å². The second kappa shape index (κ2) is 7.41. The van der Waals surface area contributed by atoms with Crippen molar-refractivity contribution in [1.29, 1.82) is 0 Å². The van der Waals surface area contributed by atoms with Crippen molar-refractivity contribution in [2.75, 3.05) is 16.8 Å². The quantitative estimate of drug-likeness (QED) is 0.718. The van der Waals surface area contributed by atoms with Crippen LogP contribution < -0.4 is 10.2 Å². The van der Waals surface area contributed by atoms with Gasteiger partial charge in [0.25, 0.3) is 0 Å². The highest BCUT2D eigenvalue weighted by molar-refractivity contribution is 6.02. The smallest absolute Gasteiger partial charge is 0.248 e. The van der Waals surface area contributed by atoms with E-state index in [0.717, 1.165) is 35.2 Å². The van der Waals surface area contributed by atoms with Crippen molar-refractivity contribution < 1.29 is 9.59 Å². The normalized spacial score (nSPS) is 14.2. The van der Waals surface area contributed by atoms with Gasteiger partial charge in [-0.05, 0) is 42.8 Å². The zero-order chi connectivity index (χ0) is 18.6. The van der Waals surface area contributed by atoms with E-state index < -0.39 is 0 Å². The zero-order valence-electron chi connectivity index (χ0n) is 14.8. The van der Waals surface area contributed by atoms with Crippen molar-refractivity contribution in [1.82, 2.24) is 4.98 Å². The number of anilines is 2. The number of fused-ring (bicyclic) bond motifs is 1. The van der Waals surface area contributed by atoms with Crippen molar-refractivity contribution in [3.63, 3.8) is 0 Å². The summed E-state index contributed by atoms with van der Waals surface area (Å²) in [6.45, 7) is 0.726. The van der Waals surface area contributed by atoms with Crippen LogP contribution in [0.4, 0.5) is 11.4 Å². The van der Waals surface area contributed by atoms with Gasteiger partial charge in [0.1, 0.15) is 0 Å². The van der Waals surface area contributed by atoms with Gasteiger partial charge in [0, 0.05) is 35.8 Å². The van der Waals surface area contributed by atoms with Crippen LogP contribution >= 0.6 is 0 Å². The molecule has 2 heterocycles. The Morgan fingerprint density at radius 3 is 2.81 bits per heavy atom. The Hall–Kier alpha value is -3.47. The maximum Gasteiger partial charge on any atom is 0.248 e. The van der Waals surface area contributed by atoms with E-state index in [1.807, 2.05) is 60.7 Å². The number of benzene rings is 2. The van der Waals surface area contributed by atoms with Gasteiger partial charge in [-0.25, -0.2) is 4.98 Å². The first-order valence-corrected chi connectivity index (χ1v) is 8.94. The van der Waals surface area contributed by atoms with Crippen LogP contribution in [0.25, 0.3) is 17.0 Å². The molecule has 134 valence electrons. The predicted molar refractivity (Wildman–Crippen MR) is 107 cm³/mol. The van der Waals surface area contributed by atoms with Crippen molar-refractivity contribution in [2.24, 2.45) is 0 Å². The number of carbonyl (C=O) groups is 2. The molecule has 1 fully saturated rings. The molecule has 1 N–H and O–H groups in total. The Kier molecular flexibility index (Phi) is 4.66. The number of nitrogens with zero attached hydrogens (tertiary/aromatic N) is 2. The van der Waals surface area contributed by atoms with Crippen LogP contribution in [-0.4, -0.2) is 23.3 Å². The van der Waals surface area contributed by atoms with E-state index in [0.29, 0.717) is 12.1 Å². The summed E-state index contributed by atoms with van der Waals surface area (Å²) in [5, 5.41) is 3.90. The highest BCUT2D eigenvalue weighted by Crippen LogP contribution is 2.24. The Balaban J connectivity index is 1.45. The van der Waals surface area contributed by atoms with Crippen molar-refractivity contribution >= 4 is 40.2 Å². The molecule has 3 aromatic rings. The van der Waals surface area contributed by atoms with Crippen LogP contribution in [0.15, 0.2) is 66.7 Å². The Labute approximate surface area is 157 Å². The third-order valence-electron chi connectivity index (χ3n) is 4.52. The monoisotopic (exact) mass is 357 g/mol. The highest BCUT2D eigenvalue weighted by Gasteiger charge is 2.21. The SMILES string of the molecule is O=C(C=Cc1ccc2ccccc2n1)Nc1cccc(N2CCCC2=O)c1. The number of hydrogen-bond acceptors (Lipinski definition) is 3. The summed E-state index contributed by atoms with van der Waals surface area (Å²) in [5.74, 6) is -0.115. The van der Waals surface area contributed by atoms with Gasteiger partial charge in [-0.3, -0.25) is 9.59 Å². The second-order valence-electron chi connectivity index (χ2n) is 6.45. The number of pyridine rings is 1. The van der Waals surface area contributed by atoms with E-state index in [1.54, 1.807) is 11.0 Å². The lowest BCUT2D eigenvalue weighted by Gasteiger charge is -2.16. The number of hydrogen-bond donors (Lipinski definition) is 1. The fraction of sp³-hybridized carbons (Fsp3) is 0.136. The number of para-hydroxylation sites is 1. The maximum absolute atomic E-state index is 12.2. The van der Waals surface area contributed by atoms with Crippen LogP contribution in [0, 0.1) is 0 Å². The molecule has 4 rings (SSSR count). The molecule has 0 radical (unpaired) electrons. The van der Waals surface area contributed by atoms with Gasteiger partial charge in [-0.2, -0.15) is 0 Å². The van der Waals surface area contributed by atoms with Crippen LogP contribution in [0.1, 0.15) is 18.5 Å². The van der Waals surface area contributed by atoms with Gasteiger partial charge >= 0.3 is 0 Å². The molecule has 5 nitrogen and oxygen atoms in total. The lowest BCUT2D eigenvalue weighted by atomic mass is 10.2. The van der Waals surface area contributed by atoms with Crippen LogP contribution in [0.2, 0.25) is 0 Å². The molecule has 0 saturated carbocycles. The molecule has 1 aromatic heterocycles. The number of nitrogens with one attached hydrogen (secondary N) is 1. The number of carbonyl (C=O) groups excluding carboxylic acids is 2. The van der Waals surface area contributed by atoms with Gasteiger partial charge in [-0.1, -0.05) is 30.3 Å².